The van der Waals surface area contributed by atoms with Crippen molar-refractivity contribution in [3.8, 4) is 5.75 Å². The first kappa shape index (κ1) is 18.7. The lowest BCUT2D eigenvalue weighted by Gasteiger charge is -2.25. The molecule has 0 spiro atoms. The maximum absolute atomic E-state index is 13.4. The van der Waals surface area contributed by atoms with Crippen LogP contribution < -0.4 is 15.0 Å². The highest BCUT2D eigenvalue weighted by Crippen LogP contribution is 2.37. The summed E-state index contributed by atoms with van der Waals surface area (Å²) in [5.41, 5.74) is 2.38. The first-order valence-corrected chi connectivity index (χ1v) is 9.18. The van der Waals surface area contributed by atoms with Crippen molar-refractivity contribution in [2.75, 3.05) is 12.0 Å². The van der Waals surface area contributed by atoms with Crippen molar-refractivity contribution in [3.05, 3.63) is 95.3 Å². The molecule has 5 nitrogen and oxygen atoms in total. The molecule has 146 valence electrons. The number of para-hydroxylation sites is 1. The van der Waals surface area contributed by atoms with Gasteiger partial charge in [0.15, 0.2) is 0 Å². The SMILES string of the molecule is COc1ccccc1CNC(=O)[C@@H]1c2ccccc2C(=O)N1c1ccc(F)cc1. The number of methoxy groups -OCH3 is 1. The normalized spacial score (nSPS) is 15.2. The van der Waals surface area contributed by atoms with E-state index >= 15 is 0 Å². The monoisotopic (exact) mass is 390 g/mol. The lowest BCUT2D eigenvalue weighted by Crippen LogP contribution is -2.39. The number of rotatable bonds is 5. The average Bonchev–Trinajstić information content (AvgIpc) is 3.05. The van der Waals surface area contributed by atoms with Gasteiger partial charge in [-0.3, -0.25) is 14.5 Å². The molecule has 0 aromatic heterocycles. The van der Waals surface area contributed by atoms with Crippen LogP contribution in [0.5, 0.6) is 5.75 Å². The van der Waals surface area contributed by atoms with Crippen LogP contribution in [0, 0.1) is 5.82 Å². The van der Waals surface area contributed by atoms with Crippen molar-refractivity contribution in [2.24, 2.45) is 0 Å². The number of hydrogen-bond donors (Lipinski definition) is 1. The van der Waals surface area contributed by atoms with Gasteiger partial charge in [0.1, 0.15) is 17.6 Å². The molecule has 0 saturated carbocycles. The van der Waals surface area contributed by atoms with Crippen LogP contribution in [0.25, 0.3) is 0 Å². The fourth-order valence-corrected chi connectivity index (χ4v) is 3.57. The molecule has 0 unspecified atom stereocenters. The molecule has 1 aliphatic heterocycles. The molecule has 1 atom stereocenters. The van der Waals surface area contributed by atoms with Crippen molar-refractivity contribution >= 4 is 17.5 Å². The third kappa shape index (κ3) is 3.45. The molecule has 6 heteroatoms. The van der Waals surface area contributed by atoms with E-state index in [1.807, 2.05) is 24.3 Å². The minimum atomic E-state index is -0.834. The molecule has 0 radical (unpaired) electrons. The Morgan fingerprint density at radius 2 is 1.72 bits per heavy atom. The van der Waals surface area contributed by atoms with Gasteiger partial charge in [0.25, 0.3) is 5.91 Å². The summed E-state index contributed by atoms with van der Waals surface area (Å²) in [7, 11) is 1.57. The molecule has 1 N–H and O–H groups in total. The fourth-order valence-electron chi connectivity index (χ4n) is 3.57. The van der Waals surface area contributed by atoms with Crippen molar-refractivity contribution in [1.29, 1.82) is 0 Å². The first-order valence-electron chi connectivity index (χ1n) is 9.18. The summed E-state index contributed by atoms with van der Waals surface area (Å²) in [6, 6.07) is 19.1. The van der Waals surface area contributed by atoms with Crippen LogP contribution in [-0.2, 0) is 11.3 Å². The number of nitrogens with zero attached hydrogens (tertiary/aromatic N) is 1. The van der Waals surface area contributed by atoms with E-state index in [0.29, 0.717) is 22.6 Å². The number of fused-ring (bicyclic) bond motifs is 1. The summed E-state index contributed by atoms with van der Waals surface area (Å²) in [6.07, 6.45) is 0. The Morgan fingerprint density at radius 1 is 1.03 bits per heavy atom. The van der Waals surface area contributed by atoms with Crippen LogP contribution in [-0.4, -0.2) is 18.9 Å². The van der Waals surface area contributed by atoms with Crippen LogP contribution >= 0.6 is 0 Å². The van der Waals surface area contributed by atoms with Gasteiger partial charge in [-0.2, -0.15) is 0 Å². The van der Waals surface area contributed by atoms with Gasteiger partial charge in [0, 0.05) is 23.4 Å². The van der Waals surface area contributed by atoms with Gasteiger partial charge < -0.3 is 10.1 Å². The molecule has 0 aliphatic carbocycles. The minimum absolute atomic E-state index is 0.257. The zero-order valence-electron chi connectivity index (χ0n) is 15.8. The predicted molar refractivity (Wildman–Crippen MR) is 107 cm³/mol. The lowest BCUT2D eigenvalue weighted by molar-refractivity contribution is -0.122. The molecule has 4 rings (SSSR count). The van der Waals surface area contributed by atoms with E-state index in [-0.39, 0.29) is 18.4 Å². The van der Waals surface area contributed by atoms with Gasteiger partial charge in [-0.25, -0.2) is 4.39 Å². The standard InChI is InChI=1S/C23H19FN2O3/c1-29-20-9-5-2-6-15(20)14-25-22(27)21-18-7-3-4-8-19(18)23(28)26(21)17-12-10-16(24)11-13-17/h2-13,21H,14H2,1H3,(H,25,27)/t21-/m0/s1. The van der Waals surface area contributed by atoms with E-state index in [1.165, 1.54) is 29.2 Å². The molecule has 29 heavy (non-hydrogen) atoms. The second-order valence-electron chi connectivity index (χ2n) is 6.67. The number of carbonyl (C=O) groups excluding carboxylic acids is 2. The van der Waals surface area contributed by atoms with Crippen LogP contribution in [0.1, 0.15) is 27.5 Å². The number of nitrogens with one attached hydrogen (secondary N) is 1. The molecule has 1 aliphatic rings. The van der Waals surface area contributed by atoms with E-state index < -0.39 is 11.9 Å². The summed E-state index contributed by atoms with van der Waals surface area (Å²) in [5, 5.41) is 2.90. The van der Waals surface area contributed by atoms with E-state index in [9.17, 15) is 14.0 Å². The van der Waals surface area contributed by atoms with Gasteiger partial charge >= 0.3 is 0 Å². The molecule has 3 aromatic rings. The Kier molecular flexibility index (Phi) is 4.99. The van der Waals surface area contributed by atoms with Crippen LogP contribution in [0.15, 0.2) is 72.8 Å². The van der Waals surface area contributed by atoms with Gasteiger partial charge in [-0.1, -0.05) is 36.4 Å². The first-order chi connectivity index (χ1) is 14.1. The van der Waals surface area contributed by atoms with Gasteiger partial charge in [0.05, 0.1) is 7.11 Å². The summed E-state index contributed by atoms with van der Waals surface area (Å²) >= 11 is 0. The Bertz CT molecular complexity index is 1070. The van der Waals surface area contributed by atoms with Crippen LogP contribution in [0.4, 0.5) is 10.1 Å². The zero-order chi connectivity index (χ0) is 20.4. The molecular formula is C23H19FN2O3. The Balaban J connectivity index is 1.65. The lowest BCUT2D eigenvalue weighted by atomic mass is 10.0. The van der Waals surface area contributed by atoms with Crippen LogP contribution in [0.2, 0.25) is 0 Å². The fraction of sp³-hybridized carbons (Fsp3) is 0.130. The highest BCUT2D eigenvalue weighted by atomic mass is 19.1. The highest BCUT2D eigenvalue weighted by molar-refractivity contribution is 6.15. The molecule has 1 heterocycles. The summed E-state index contributed by atoms with van der Waals surface area (Å²) in [5.74, 6) is -0.343. The van der Waals surface area contributed by atoms with Gasteiger partial charge in [-0.05, 0) is 42.0 Å². The van der Waals surface area contributed by atoms with E-state index in [0.717, 1.165) is 5.56 Å². The molecule has 0 saturated heterocycles. The molecule has 0 fully saturated rings. The number of halogens is 1. The smallest absolute Gasteiger partial charge is 0.259 e. The van der Waals surface area contributed by atoms with Crippen molar-refractivity contribution in [1.82, 2.24) is 5.32 Å². The van der Waals surface area contributed by atoms with Gasteiger partial charge in [0.2, 0.25) is 5.91 Å². The second kappa shape index (κ2) is 7.75. The van der Waals surface area contributed by atoms with Crippen molar-refractivity contribution in [2.45, 2.75) is 12.6 Å². The number of carbonyl (C=O) groups is 2. The number of anilines is 1. The zero-order valence-corrected chi connectivity index (χ0v) is 15.8. The maximum Gasteiger partial charge on any atom is 0.259 e. The van der Waals surface area contributed by atoms with E-state index in [2.05, 4.69) is 5.32 Å². The Labute approximate surface area is 167 Å². The molecule has 3 aromatic carbocycles. The third-order valence-electron chi connectivity index (χ3n) is 4.96. The molecular weight excluding hydrogens is 371 g/mol. The quantitative estimate of drug-likeness (QED) is 0.720. The summed E-state index contributed by atoms with van der Waals surface area (Å²) in [6.45, 7) is 0.257. The number of amides is 2. The highest BCUT2D eigenvalue weighted by Gasteiger charge is 2.41. The molecule has 0 bridgehead atoms. The Morgan fingerprint density at radius 3 is 2.48 bits per heavy atom. The van der Waals surface area contributed by atoms with Gasteiger partial charge in [-0.15, -0.1) is 0 Å². The average molecular weight is 390 g/mol. The molecule has 2 amide bonds. The summed E-state index contributed by atoms with van der Waals surface area (Å²) < 4.78 is 18.7. The third-order valence-corrected chi connectivity index (χ3v) is 4.96. The number of ether oxygens (including phenoxy) is 1. The minimum Gasteiger partial charge on any atom is -0.496 e. The van der Waals surface area contributed by atoms with Crippen molar-refractivity contribution in [3.63, 3.8) is 0 Å². The summed E-state index contributed by atoms with van der Waals surface area (Å²) in [4.78, 5) is 27.6. The number of hydrogen-bond acceptors (Lipinski definition) is 3. The maximum atomic E-state index is 13.4. The topological polar surface area (TPSA) is 58.6 Å². The van der Waals surface area contributed by atoms with Crippen LogP contribution in [0.3, 0.4) is 0 Å². The van der Waals surface area contributed by atoms with E-state index in [1.54, 1.807) is 31.4 Å². The number of benzene rings is 3. The van der Waals surface area contributed by atoms with E-state index in [4.69, 9.17) is 4.74 Å². The predicted octanol–water partition coefficient (Wildman–Crippen LogP) is 3.85. The largest absolute Gasteiger partial charge is 0.496 e. The Hall–Kier alpha value is -3.67. The van der Waals surface area contributed by atoms with Crippen molar-refractivity contribution < 1.29 is 18.7 Å². The second-order valence-corrected chi connectivity index (χ2v) is 6.67.